The van der Waals surface area contributed by atoms with E-state index in [1.54, 1.807) is 0 Å². The minimum atomic E-state index is 0.342. The molecule has 1 aromatic carbocycles. The number of hydrogen-bond acceptors (Lipinski definition) is 3. The smallest absolute Gasteiger partial charge is 0.0890 e. The average molecular weight is 283 g/mol. The molecule has 1 N–H and O–H groups in total. The zero-order valence-electron chi connectivity index (χ0n) is 13.0. The van der Waals surface area contributed by atoms with Gasteiger partial charge in [0.1, 0.15) is 0 Å². The lowest BCUT2D eigenvalue weighted by Gasteiger charge is -2.33. The van der Waals surface area contributed by atoms with Crippen LogP contribution in [0.3, 0.4) is 0 Å². The summed E-state index contributed by atoms with van der Waals surface area (Å²) in [4.78, 5) is 9.47. The molecule has 3 unspecified atom stereocenters. The lowest BCUT2D eigenvalue weighted by Crippen LogP contribution is -2.32. The number of fused-ring (bicyclic) bond motifs is 1. The summed E-state index contributed by atoms with van der Waals surface area (Å²) in [5.74, 6) is 1.52. The first-order valence-corrected chi connectivity index (χ1v) is 8.23. The van der Waals surface area contributed by atoms with Gasteiger partial charge >= 0.3 is 0 Å². The van der Waals surface area contributed by atoms with Crippen molar-refractivity contribution in [3.05, 3.63) is 36.2 Å². The third-order valence-corrected chi connectivity index (χ3v) is 4.66. The van der Waals surface area contributed by atoms with E-state index < -0.39 is 0 Å². The third-order valence-electron chi connectivity index (χ3n) is 4.66. The minimum Gasteiger partial charge on any atom is -0.309 e. The molecule has 0 amide bonds. The van der Waals surface area contributed by atoms with Crippen molar-refractivity contribution in [3.8, 4) is 0 Å². The molecule has 1 aliphatic carbocycles. The van der Waals surface area contributed by atoms with Gasteiger partial charge in [0.2, 0.25) is 0 Å². The number of benzene rings is 1. The summed E-state index contributed by atoms with van der Waals surface area (Å²) in [6, 6.07) is 8.47. The minimum absolute atomic E-state index is 0.342. The highest BCUT2D eigenvalue weighted by Crippen LogP contribution is 2.36. The van der Waals surface area contributed by atoms with E-state index >= 15 is 0 Å². The highest BCUT2D eigenvalue weighted by atomic mass is 15.0. The second-order valence-corrected chi connectivity index (χ2v) is 6.35. The Labute approximate surface area is 127 Å². The molecule has 1 aromatic heterocycles. The zero-order valence-corrected chi connectivity index (χ0v) is 13.0. The summed E-state index contributed by atoms with van der Waals surface area (Å²) in [5, 5.41) is 3.65. The molecule has 3 nitrogen and oxygen atoms in total. The summed E-state index contributed by atoms with van der Waals surface area (Å²) in [6.07, 6.45) is 7.28. The van der Waals surface area contributed by atoms with Gasteiger partial charge in [0.05, 0.1) is 29.0 Å². The lowest BCUT2D eigenvalue weighted by atomic mass is 9.77. The quantitative estimate of drug-likeness (QED) is 0.917. The van der Waals surface area contributed by atoms with Crippen molar-refractivity contribution in [3.63, 3.8) is 0 Å². The van der Waals surface area contributed by atoms with Crippen LogP contribution in [0.2, 0.25) is 0 Å². The van der Waals surface area contributed by atoms with Crippen LogP contribution < -0.4 is 5.32 Å². The molecule has 0 bridgehead atoms. The van der Waals surface area contributed by atoms with Crippen LogP contribution in [0.5, 0.6) is 0 Å². The lowest BCUT2D eigenvalue weighted by molar-refractivity contribution is 0.222. The topological polar surface area (TPSA) is 37.8 Å². The molecular weight excluding hydrogens is 258 g/mol. The van der Waals surface area contributed by atoms with E-state index in [0.29, 0.717) is 12.0 Å². The maximum Gasteiger partial charge on any atom is 0.0890 e. The van der Waals surface area contributed by atoms with Crippen molar-refractivity contribution in [1.29, 1.82) is 0 Å². The Kier molecular flexibility index (Phi) is 4.49. The van der Waals surface area contributed by atoms with Crippen LogP contribution in [0.15, 0.2) is 30.5 Å². The van der Waals surface area contributed by atoms with E-state index in [-0.39, 0.29) is 0 Å². The summed E-state index contributed by atoms with van der Waals surface area (Å²) >= 11 is 0. The third kappa shape index (κ3) is 3.24. The Morgan fingerprint density at radius 3 is 2.81 bits per heavy atom. The number of para-hydroxylation sites is 2. The number of aromatic nitrogens is 2. The van der Waals surface area contributed by atoms with Crippen molar-refractivity contribution in [2.45, 2.75) is 45.6 Å². The predicted molar refractivity (Wildman–Crippen MR) is 87.1 cm³/mol. The van der Waals surface area contributed by atoms with Crippen LogP contribution >= 0.6 is 0 Å². The molecule has 1 fully saturated rings. The van der Waals surface area contributed by atoms with Crippen molar-refractivity contribution < 1.29 is 0 Å². The van der Waals surface area contributed by atoms with Gasteiger partial charge in [-0.2, -0.15) is 0 Å². The summed E-state index contributed by atoms with van der Waals surface area (Å²) < 4.78 is 0. The molecule has 21 heavy (non-hydrogen) atoms. The summed E-state index contributed by atoms with van der Waals surface area (Å²) in [6.45, 7) is 5.53. The standard InChI is InChI=1S/C18H25N3/c1-3-19-18(14-8-6-7-13(2)11-14)17-12-20-15-9-4-5-10-16(15)21-17/h4-5,9-10,12-14,18-19H,3,6-8,11H2,1-2H3. The molecule has 3 heteroatoms. The van der Waals surface area contributed by atoms with Gasteiger partial charge in [-0.1, -0.05) is 38.8 Å². The van der Waals surface area contributed by atoms with Gasteiger partial charge < -0.3 is 5.32 Å². The molecule has 0 saturated heterocycles. The van der Waals surface area contributed by atoms with Gasteiger partial charge in [-0.15, -0.1) is 0 Å². The zero-order chi connectivity index (χ0) is 14.7. The monoisotopic (exact) mass is 283 g/mol. The largest absolute Gasteiger partial charge is 0.309 e. The summed E-state index contributed by atoms with van der Waals surface area (Å²) in [7, 11) is 0. The molecule has 1 saturated carbocycles. The number of rotatable bonds is 4. The molecule has 1 heterocycles. The van der Waals surface area contributed by atoms with Crippen molar-refractivity contribution >= 4 is 11.0 Å². The van der Waals surface area contributed by atoms with E-state index in [1.165, 1.54) is 25.7 Å². The van der Waals surface area contributed by atoms with Crippen LogP contribution in [0.25, 0.3) is 11.0 Å². The van der Waals surface area contributed by atoms with Crippen LogP contribution in [0, 0.1) is 11.8 Å². The predicted octanol–water partition coefficient (Wildman–Crippen LogP) is 4.11. The maximum atomic E-state index is 4.87. The van der Waals surface area contributed by atoms with E-state index in [9.17, 15) is 0 Å². The van der Waals surface area contributed by atoms with Gasteiger partial charge in [-0.25, -0.2) is 4.98 Å². The fourth-order valence-corrected chi connectivity index (χ4v) is 3.64. The van der Waals surface area contributed by atoms with E-state index in [2.05, 4.69) is 30.2 Å². The van der Waals surface area contributed by atoms with Crippen LogP contribution in [0.4, 0.5) is 0 Å². The Balaban J connectivity index is 1.90. The molecule has 0 radical (unpaired) electrons. The van der Waals surface area contributed by atoms with Crippen molar-refractivity contribution in [2.75, 3.05) is 6.54 Å². The molecule has 1 aliphatic rings. The Morgan fingerprint density at radius 2 is 2.05 bits per heavy atom. The van der Waals surface area contributed by atoms with E-state index in [4.69, 9.17) is 4.98 Å². The first-order chi connectivity index (χ1) is 10.3. The molecule has 3 atom stereocenters. The molecule has 0 aliphatic heterocycles. The first kappa shape index (κ1) is 14.5. The second-order valence-electron chi connectivity index (χ2n) is 6.35. The molecule has 3 rings (SSSR count). The number of nitrogens with one attached hydrogen (secondary N) is 1. The Morgan fingerprint density at radius 1 is 1.24 bits per heavy atom. The SMILES string of the molecule is CCNC(c1cnc2ccccc2n1)C1CCCC(C)C1. The molecule has 112 valence electrons. The van der Waals surface area contributed by atoms with Gasteiger partial charge in [-0.05, 0) is 43.4 Å². The Bertz CT molecular complexity index is 596. The highest BCUT2D eigenvalue weighted by Gasteiger charge is 2.28. The maximum absolute atomic E-state index is 4.87. The van der Waals surface area contributed by atoms with Gasteiger partial charge in [0, 0.05) is 0 Å². The number of hydrogen-bond donors (Lipinski definition) is 1. The van der Waals surface area contributed by atoms with Crippen LogP contribution in [0.1, 0.15) is 51.3 Å². The Hall–Kier alpha value is -1.48. The van der Waals surface area contributed by atoms with Gasteiger partial charge in [0.15, 0.2) is 0 Å². The highest BCUT2D eigenvalue weighted by molar-refractivity contribution is 5.73. The van der Waals surface area contributed by atoms with E-state index in [0.717, 1.165) is 29.2 Å². The molecule has 0 spiro atoms. The van der Waals surface area contributed by atoms with Crippen LogP contribution in [-0.2, 0) is 0 Å². The van der Waals surface area contributed by atoms with Crippen molar-refractivity contribution in [2.24, 2.45) is 11.8 Å². The summed E-state index contributed by atoms with van der Waals surface area (Å²) in [5.41, 5.74) is 3.09. The fraction of sp³-hybridized carbons (Fsp3) is 0.556. The first-order valence-electron chi connectivity index (χ1n) is 8.23. The molecular formula is C18H25N3. The molecule has 2 aromatic rings. The average Bonchev–Trinajstić information content (AvgIpc) is 2.52. The van der Waals surface area contributed by atoms with Crippen molar-refractivity contribution in [1.82, 2.24) is 15.3 Å². The van der Waals surface area contributed by atoms with Gasteiger partial charge in [0.25, 0.3) is 0 Å². The fourth-order valence-electron chi connectivity index (χ4n) is 3.64. The normalized spacial score (nSPS) is 24.1. The number of nitrogens with zero attached hydrogens (tertiary/aromatic N) is 2. The van der Waals surface area contributed by atoms with Crippen LogP contribution in [-0.4, -0.2) is 16.5 Å². The second kappa shape index (κ2) is 6.52. The van der Waals surface area contributed by atoms with E-state index in [1.807, 2.05) is 24.4 Å². The van der Waals surface area contributed by atoms with Gasteiger partial charge in [-0.3, -0.25) is 4.98 Å².